The lowest BCUT2D eigenvalue weighted by Gasteiger charge is -2.23. The summed E-state index contributed by atoms with van der Waals surface area (Å²) in [6, 6.07) is 0.110. The van der Waals surface area contributed by atoms with Crippen molar-refractivity contribution >= 4 is 11.8 Å². The average Bonchev–Trinajstić information content (AvgIpc) is 2.70. The van der Waals surface area contributed by atoms with E-state index in [0.29, 0.717) is 25.9 Å². The zero-order valence-corrected chi connectivity index (χ0v) is 11.4. The molecule has 1 unspecified atom stereocenters. The number of hydrogen-bond donors (Lipinski definition) is 3. The molecular formula is C13H25N3O2. The molecule has 18 heavy (non-hydrogen) atoms. The molecule has 1 atom stereocenters. The fourth-order valence-corrected chi connectivity index (χ4v) is 2.12. The van der Waals surface area contributed by atoms with Crippen molar-refractivity contribution in [2.45, 2.75) is 52.0 Å². The van der Waals surface area contributed by atoms with Crippen molar-refractivity contribution in [3.8, 4) is 0 Å². The van der Waals surface area contributed by atoms with Crippen molar-refractivity contribution in [3.63, 3.8) is 0 Å². The monoisotopic (exact) mass is 255 g/mol. The van der Waals surface area contributed by atoms with Gasteiger partial charge in [0.25, 0.3) is 0 Å². The van der Waals surface area contributed by atoms with Crippen LogP contribution in [0.3, 0.4) is 0 Å². The molecule has 0 spiro atoms. The highest BCUT2D eigenvalue weighted by atomic mass is 16.2. The Labute approximate surface area is 109 Å². The van der Waals surface area contributed by atoms with Crippen molar-refractivity contribution in [3.05, 3.63) is 0 Å². The van der Waals surface area contributed by atoms with E-state index < -0.39 is 0 Å². The predicted octanol–water partition coefficient (Wildman–Crippen LogP) is 0.536. The largest absolute Gasteiger partial charge is 0.354 e. The molecule has 0 aromatic carbocycles. The minimum Gasteiger partial charge on any atom is -0.354 e. The summed E-state index contributed by atoms with van der Waals surface area (Å²) in [5.74, 6) is 0.138. The minimum atomic E-state index is 0.0567. The molecule has 0 aromatic heterocycles. The maximum Gasteiger partial charge on any atom is 0.220 e. The van der Waals surface area contributed by atoms with Crippen LogP contribution < -0.4 is 16.4 Å². The van der Waals surface area contributed by atoms with E-state index in [1.165, 1.54) is 0 Å². The first-order valence-electron chi connectivity index (χ1n) is 6.69. The second-order valence-corrected chi connectivity index (χ2v) is 5.81. The van der Waals surface area contributed by atoms with E-state index in [0.717, 1.165) is 19.3 Å². The highest BCUT2D eigenvalue weighted by Crippen LogP contribution is 2.25. The number of nitrogens with one attached hydrogen (secondary N) is 2. The molecule has 0 aliphatic carbocycles. The molecule has 5 nitrogen and oxygen atoms in total. The van der Waals surface area contributed by atoms with E-state index in [-0.39, 0.29) is 23.3 Å². The molecule has 4 N–H and O–H groups in total. The number of nitrogens with two attached hydrogens (primary N) is 1. The quantitative estimate of drug-likeness (QED) is 0.620. The summed E-state index contributed by atoms with van der Waals surface area (Å²) >= 11 is 0. The molecule has 0 bridgehead atoms. The number of carbonyl (C=O) groups excluding carboxylic acids is 2. The van der Waals surface area contributed by atoms with Gasteiger partial charge in [0.05, 0.1) is 0 Å². The van der Waals surface area contributed by atoms with Gasteiger partial charge in [0.1, 0.15) is 0 Å². The fraction of sp³-hybridized carbons (Fsp3) is 0.846. The van der Waals surface area contributed by atoms with Gasteiger partial charge in [-0.25, -0.2) is 0 Å². The number of hydrogen-bond acceptors (Lipinski definition) is 3. The van der Waals surface area contributed by atoms with Crippen LogP contribution in [0.15, 0.2) is 0 Å². The van der Waals surface area contributed by atoms with Crippen LogP contribution in [-0.2, 0) is 9.59 Å². The van der Waals surface area contributed by atoms with Gasteiger partial charge in [-0.05, 0) is 31.2 Å². The van der Waals surface area contributed by atoms with Gasteiger partial charge < -0.3 is 16.4 Å². The summed E-state index contributed by atoms with van der Waals surface area (Å²) in [5.41, 5.74) is 5.65. The van der Waals surface area contributed by atoms with Crippen LogP contribution >= 0.6 is 0 Å². The van der Waals surface area contributed by atoms with Crippen LogP contribution in [0.4, 0.5) is 0 Å². The second-order valence-electron chi connectivity index (χ2n) is 5.81. The van der Waals surface area contributed by atoms with Crippen molar-refractivity contribution in [1.82, 2.24) is 10.6 Å². The summed E-state index contributed by atoms with van der Waals surface area (Å²) < 4.78 is 0. The van der Waals surface area contributed by atoms with Gasteiger partial charge in [0, 0.05) is 25.4 Å². The Balaban J connectivity index is 2.16. The molecule has 1 aliphatic rings. The van der Waals surface area contributed by atoms with Crippen molar-refractivity contribution < 1.29 is 9.59 Å². The Morgan fingerprint density at radius 3 is 2.78 bits per heavy atom. The summed E-state index contributed by atoms with van der Waals surface area (Å²) in [6.45, 7) is 5.46. The first-order valence-corrected chi connectivity index (χ1v) is 6.69. The molecule has 0 aromatic rings. The zero-order chi connectivity index (χ0) is 13.6. The maximum atomic E-state index is 11.7. The lowest BCUT2D eigenvalue weighted by atomic mass is 9.84. The van der Waals surface area contributed by atoms with Crippen LogP contribution in [0.25, 0.3) is 0 Å². The molecule has 1 aliphatic heterocycles. The van der Waals surface area contributed by atoms with Crippen LogP contribution in [0.1, 0.15) is 46.0 Å². The number of carbonyl (C=O) groups is 2. The Bertz CT molecular complexity index is 303. The first-order chi connectivity index (χ1) is 8.43. The fourth-order valence-electron chi connectivity index (χ4n) is 2.12. The summed E-state index contributed by atoms with van der Waals surface area (Å²) in [6.07, 6.45) is 3.68. The van der Waals surface area contributed by atoms with Gasteiger partial charge >= 0.3 is 0 Å². The van der Waals surface area contributed by atoms with E-state index >= 15 is 0 Å². The molecule has 1 rings (SSSR count). The predicted molar refractivity (Wildman–Crippen MR) is 70.9 cm³/mol. The maximum absolute atomic E-state index is 11.7. The topological polar surface area (TPSA) is 84.2 Å². The molecule has 0 saturated carbocycles. The van der Waals surface area contributed by atoms with E-state index in [1.807, 2.05) is 0 Å². The Morgan fingerprint density at radius 2 is 2.22 bits per heavy atom. The van der Waals surface area contributed by atoms with Gasteiger partial charge in [0.15, 0.2) is 0 Å². The Hall–Kier alpha value is -1.10. The molecule has 1 heterocycles. The molecule has 0 radical (unpaired) electrons. The third kappa shape index (κ3) is 5.49. The van der Waals surface area contributed by atoms with E-state index in [4.69, 9.17) is 5.73 Å². The Kier molecular flexibility index (Phi) is 5.59. The van der Waals surface area contributed by atoms with Gasteiger partial charge in [0.2, 0.25) is 11.8 Å². The lowest BCUT2D eigenvalue weighted by molar-refractivity contribution is -0.122. The summed E-state index contributed by atoms with van der Waals surface area (Å²) in [7, 11) is 0. The van der Waals surface area contributed by atoms with Gasteiger partial charge in [-0.1, -0.05) is 13.8 Å². The molecule has 5 heteroatoms. The van der Waals surface area contributed by atoms with E-state index in [2.05, 4.69) is 24.5 Å². The highest BCUT2D eigenvalue weighted by Gasteiger charge is 2.22. The normalized spacial score (nSPS) is 19.7. The smallest absolute Gasteiger partial charge is 0.220 e. The van der Waals surface area contributed by atoms with Crippen molar-refractivity contribution in [2.75, 3.05) is 13.1 Å². The van der Waals surface area contributed by atoms with Gasteiger partial charge in [-0.15, -0.1) is 0 Å². The van der Waals surface area contributed by atoms with Crippen LogP contribution in [0.2, 0.25) is 0 Å². The van der Waals surface area contributed by atoms with Crippen LogP contribution in [0.5, 0.6) is 0 Å². The third-order valence-electron chi connectivity index (χ3n) is 3.48. The van der Waals surface area contributed by atoms with Crippen molar-refractivity contribution in [2.24, 2.45) is 11.1 Å². The minimum absolute atomic E-state index is 0.0567. The zero-order valence-electron chi connectivity index (χ0n) is 11.4. The van der Waals surface area contributed by atoms with Crippen LogP contribution in [0, 0.1) is 5.41 Å². The SMILES string of the molecule is CC(C)(CCN)CCC(=O)NCC1CCC(=O)N1. The van der Waals surface area contributed by atoms with Crippen molar-refractivity contribution in [1.29, 1.82) is 0 Å². The van der Waals surface area contributed by atoms with E-state index in [9.17, 15) is 9.59 Å². The molecule has 104 valence electrons. The standard InChI is InChI=1S/C13H25N3O2/c1-13(2,7-8-14)6-5-11(17)15-9-10-3-4-12(18)16-10/h10H,3-9,14H2,1-2H3,(H,15,17)(H,16,18). The van der Waals surface area contributed by atoms with E-state index in [1.54, 1.807) is 0 Å². The third-order valence-corrected chi connectivity index (χ3v) is 3.48. The molecule has 1 saturated heterocycles. The molecular weight excluding hydrogens is 230 g/mol. The lowest BCUT2D eigenvalue weighted by Crippen LogP contribution is -2.38. The highest BCUT2D eigenvalue weighted by molar-refractivity contribution is 5.79. The average molecular weight is 255 g/mol. The van der Waals surface area contributed by atoms with Gasteiger partial charge in [-0.3, -0.25) is 9.59 Å². The second kappa shape index (κ2) is 6.73. The Morgan fingerprint density at radius 1 is 1.50 bits per heavy atom. The molecule has 2 amide bonds. The first kappa shape index (κ1) is 15.0. The van der Waals surface area contributed by atoms with Gasteiger partial charge in [-0.2, -0.15) is 0 Å². The summed E-state index contributed by atoms with van der Waals surface area (Å²) in [4.78, 5) is 22.7. The van der Waals surface area contributed by atoms with Crippen LogP contribution in [-0.4, -0.2) is 30.9 Å². The number of amides is 2. The molecule has 1 fully saturated rings. The number of rotatable bonds is 7. The summed E-state index contributed by atoms with van der Waals surface area (Å²) in [5, 5.41) is 5.71.